The molecule has 4 aromatic rings. The van der Waals surface area contributed by atoms with Crippen LogP contribution in [0.2, 0.25) is 0 Å². The van der Waals surface area contributed by atoms with Crippen LogP contribution in [0.1, 0.15) is 16.1 Å². The molecule has 1 amide bonds. The van der Waals surface area contributed by atoms with Crippen LogP contribution in [0.5, 0.6) is 0 Å². The highest BCUT2D eigenvalue weighted by atomic mass is 19.1. The van der Waals surface area contributed by atoms with Gasteiger partial charge in [0.15, 0.2) is 0 Å². The van der Waals surface area contributed by atoms with Gasteiger partial charge in [-0.05, 0) is 55.0 Å². The van der Waals surface area contributed by atoms with Crippen molar-refractivity contribution < 1.29 is 9.18 Å². The van der Waals surface area contributed by atoms with Crippen LogP contribution >= 0.6 is 0 Å². The number of amides is 1. The van der Waals surface area contributed by atoms with E-state index in [4.69, 9.17) is 0 Å². The molecule has 6 heteroatoms. The zero-order valence-electron chi connectivity index (χ0n) is 14.9. The van der Waals surface area contributed by atoms with Gasteiger partial charge in [0, 0.05) is 18.3 Å². The molecule has 0 radical (unpaired) electrons. The number of carbonyl (C=O) groups is 1. The van der Waals surface area contributed by atoms with Gasteiger partial charge in [0.1, 0.15) is 11.5 Å². The fourth-order valence-corrected chi connectivity index (χ4v) is 2.94. The van der Waals surface area contributed by atoms with Crippen LogP contribution in [-0.2, 0) is 7.05 Å². The average Bonchev–Trinajstić information content (AvgIpc) is 3.04. The minimum Gasteiger partial charge on any atom is -0.334 e. The summed E-state index contributed by atoms with van der Waals surface area (Å²) in [6, 6.07) is 15.3. The van der Waals surface area contributed by atoms with Crippen molar-refractivity contribution in [3.05, 3.63) is 78.0 Å². The molecule has 0 bridgehead atoms. The Morgan fingerprint density at radius 1 is 1.07 bits per heavy atom. The first-order valence-corrected chi connectivity index (χ1v) is 8.47. The van der Waals surface area contributed by atoms with Crippen molar-refractivity contribution in [1.82, 2.24) is 14.5 Å². The van der Waals surface area contributed by atoms with E-state index in [1.165, 1.54) is 24.3 Å². The number of benzene rings is 2. The van der Waals surface area contributed by atoms with E-state index >= 15 is 0 Å². The Morgan fingerprint density at radius 2 is 1.85 bits per heavy atom. The largest absolute Gasteiger partial charge is 0.334 e. The molecular formula is C21H17FN4O. The Labute approximate surface area is 155 Å². The molecule has 1 N–H and O–H groups in total. The monoisotopic (exact) mass is 360 g/mol. The summed E-state index contributed by atoms with van der Waals surface area (Å²) in [6.45, 7) is 1.83. The lowest BCUT2D eigenvalue weighted by molar-refractivity contribution is 0.102. The molecule has 134 valence electrons. The number of aromatic nitrogens is 3. The van der Waals surface area contributed by atoms with Crippen LogP contribution in [0, 0.1) is 12.7 Å². The second-order valence-corrected chi connectivity index (χ2v) is 6.38. The molecule has 27 heavy (non-hydrogen) atoms. The van der Waals surface area contributed by atoms with Crippen molar-refractivity contribution in [3.8, 4) is 11.3 Å². The highest BCUT2D eigenvalue weighted by Gasteiger charge is 2.14. The molecule has 0 fully saturated rings. The standard InChI is InChI=1S/C21H17FN4O/c1-13-3-9-17(14-4-10-19-18(11-14)23-12-26(19)2)25-20(13)21(27)24-16-7-5-15(22)6-8-16/h3-12H,1-2H3,(H,24,27). The fraction of sp³-hybridized carbons (Fsp3) is 0.0952. The molecule has 2 heterocycles. The summed E-state index contributed by atoms with van der Waals surface area (Å²) < 4.78 is 15.0. The third-order valence-electron chi connectivity index (χ3n) is 4.44. The maximum atomic E-state index is 13.0. The number of pyridine rings is 1. The zero-order chi connectivity index (χ0) is 19.0. The van der Waals surface area contributed by atoms with Gasteiger partial charge >= 0.3 is 0 Å². The molecule has 2 aromatic carbocycles. The second-order valence-electron chi connectivity index (χ2n) is 6.38. The molecule has 0 unspecified atom stereocenters. The number of halogens is 1. The zero-order valence-corrected chi connectivity index (χ0v) is 14.9. The second kappa shape index (κ2) is 6.64. The number of nitrogens with zero attached hydrogens (tertiary/aromatic N) is 3. The third kappa shape index (κ3) is 3.29. The van der Waals surface area contributed by atoms with E-state index < -0.39 is 0 Å². The van der Waals surface area contributed by atoms with Gasteiger partial charge in [-0.2, -0.15) is 0 Å². The van der Waals surface area contributed by atoms with Gasteiger partial charge in [0.2, 0.25) is 0 Å². The van der Waals surface area contributed by atoms with Crippen LogP contribution in [0.15, 0.2) is 60.9 Å². The SMILES string of the molecule is Cc1ccc(-c2ccc3c(c2)ncn3C)nc1C(=O)Nc1ccc(F)cc1. The Bertz CT molecular complexity index is 1150. The summed E-state index contributed by atoms with van der Waals surface area (Å²) in [6.07, 6.45) is 1.76. The van der Waals surface area contributed by atoms with E-state index in [9.17, 15) is 9.18 Å². The summed E-state index contributed by atoms with van der Waals surface area (Å²) in [5.74, 6) is -0.686. The van der Waals surface area contributed by atoms with Crippen LogP contribution in [-0.4, -0.2) is 20.4 Å². The predicted molar refractivity (Wildman–Crippen MR) is 103 cm³/mol. The molecule has 2 aromatic heterocycles. The van der Waals surface area contributed by atoms with E-state index in [0.717, 1.165) is 22.2 Å². The molecule has 0 saturated carbocycles. The molecule has 0 aliphatic rings. The Kier molecular flexibility index (Phi) is 4.16. The number of aryl methyl sites for hydroxylation is 2. The van der Waals surface area contributed by atoms with Gasteiger partial charge < -0.3 is 9.88 Å². The number of fused-ring (bicyclic) bond motifs is 1. The Morgan fingerprint density at radius 3 is 2.63 bits per heavy atom. The van der Waals surface area contributed by atoms with E-state index in [2.05, 4.69) is 15.3 Å². The Balaban J connectivity index is 1.67. The molecular weight excluding hydrogens is 343 g/mol. The van der Waals surface area contributed by atoms with E-state index in [1.54, 1.807) is 6.33 Å². The maximum Gasteiger partial charge on any atom is 0.274 e. The minimum absolute atomic E-state index is 0.331. The van der Waals surface area contributed by atoms with Gasteiger partial charge in [0.05, 0.1) is 23.1 Å². The molecule has 0 aliphatic carbocycles. The van der Waals surface area contributed by atoms with E-state index in [-0.39, 0.29) is 11.7 Å². The van der Waals surface area contributed by atoms with Crippen molar-refractivity contribution in [2.45, 2.75) is 6.92 Å². The van der Waals surface area contributed by atoms with Gasteiger partial charge in [-0.15, -0.1) is 0 Å². The van der Waals surface area contributed by atoms with Gasteiger partial charge in [-0.1, -0.05) is 12.1 Å². The lowest BCUT2D eigenvalue weighted by Gasteiger charge is -2.09. The highest BCUT2D eigenvalue weighted by molar-refractivity contribution is 6.04. The predicted octanol–water partition coefficient (Wildman–Crippen LogP) is 4.34. The van der Waals surface area contributed by atoms with Crippen LogP contribution < -0.4 is 5.32 Å². The van der Waals surface area contributed by atoms with E-state index in [1.807, 2.05) is 48.9 Å². The number of anilines is 1. The van der Waals surface area contributed by atoms with Crippen LogP contribution in [0.4, 0.5) is 10.1 Å². The normalized spacial score (nSPS) is 10.9. The summed E-state index contributed by atoms with van der Waals surface area (Å²) in [4.78, 5) is 21.6. The van der Waals surface area contributed by atoms with Gasteiger partial charge in [-0.3, -0.25) is 4.79 Å². The molecule has 0 spiro atoms. The molecule has 0 atom stereocenters. The lowest BCUT2D eigenvalue weighted by atomic mass is 10.1. The smallest absolute Gasteiger partial charge is 0.274 e. The van der Waals surface area contributed by atoms with Crippen molar-refractivity contribution >= 4 is 22.6 Å². The first-order valence-electron chi connectivity index (χ1n) is 8.47. The lowest BCUT2D eigenvalue weighted by Crippen LogP contribution is -2.15. The number of nitrogens with one attached hydrogen (secondary N) is 1. The number of carbonyl (C=O) groups excluding carboxylic acids is 1. The molecule has 4 rings (SSSR count). The Hall–Kier alpha value is -3.54. The first-order chi connectivity index (χ1) is 13.0. The number of hydrogen-bond acceptors (Lipinski definition) is 3. The fourth-order valence-electron chi connectivity index (χ4n) is 2.94. The summed E-state index contributed by atoms with van der Waals surface area (Å²) in [5, 5.41) is 2.75. The van der Waals surface area contributed by atoms with Gasteiger partial charge in [-0.25, -0.2) is 14.4 Å². The van der Waals surface area contributed by atoms with Crippen LogP contribution in [0.25, 0.3) is 22.3 Å². The van der Waals surface area contributed by atoms with E-state index in [0.29, 0.717) is 17.1 Å². The molecule has 5 nitrogen and oxygen atoms in total. The average molecular weight is 360 g/mol. The quantitative estimate of drug-likeness (QED) is 0.591. The molecule has 0 saturated heterocycles. The number of rotatable bonds is 3. The summed E-state index contributed by atoms with van der Waals surface area (Å²) in [7, 11) is 1.94. The third-order valence-corrected chi connectivity index (χ3v) is 4.44. The maximum absolute atomic E-state index is 13.0. The number of hydrogen-bond donors (Lipinski definition) is 1. The number of imidazole rings is 1. The minimum atomic E-state index is -0.353. The first kappa shape index (κ1) is 16.9. The van der Waals surface area contributed by atoms with Crippen LogP contribution in [0.3, 0.4) is 0 Å². The van der Waals surface area contributed by atoms with Crippen molar-refractivity contribution in [3.63, 3.8) is 0 Å². The summed E-state index contributed by atoms with van der Waals surface area (Å²) >= 11 is 0. The summed E-state index contributed by atoms with van der Waals surface area (Å²) in [5.41, 5.74) is 5.09. The van der Waals surface area contributed by atoms with Crippen molar-refractivity contribution in [2.75, 3.05) is 5.32 Å². The van der Waals surface area contributed by atoms with Crippen molar-refractivity contribution in [2.24, 2.45) is 7.05 Å². The topological polar surface area (TPSA) is 59.8 Å². The van der Waals surface area contributed by atoms with Crippen molar-refractivity contribution in [1.29, 1.82) is 0 Å². The van der Waals surface area contributed by atoms with Gasteiger partial charge in [0.25, 0.3) is 5.91 Å². The highest BCUT2D eigenvalue weighted by Crippen LogP contribution is 2.23. The molecule has 0 aliphatic heterocycles.